The van der Waals surface area contributed by atoms with Gasteiger partial charge in [0.05, 0.1) is 79.1 Å². The van der Waals surface area contributed by atoms with Crippen molar-refractivity contribution in [3.8, 4) is 11.1 Å². The van der Waals surface area contributed by atoms with E-state index in [1.54, 1.807) is 0 Å². The Bertz CT molecular complexity index is 1090. The molecule has 1 aliphatic carbocycles. The van der Waals surface area contributed by atoms with Crippen molar-refractivity contribution in [2.24, 2.45) is 0 Å². The first-order valence-electron chi connectivity index (χ1n) is 15.2. The van der Waals surface area contributed by atoms with Crippen LogP contribution >= 0.6 is 0 Å². The van der Waals surface area contributed by atoms with Crippen molar-refractivity contribution in [3.63, 3.8) is 0 Å². The molecule has 0 atom stereocenters. The van der Waals surface area contributed by atoms with Crippen molar-refractivity contribution in [3.05, 3.63) is 59.7 Å². The van der Waals surface area contributed by atoms with Gasteiger partial charge in [0.25, 0.3) is 0 Å². The third-order valence-electron chi connectivity index (χ3n) is 6.56. The molecule has 0 saturated heterocycles. The van der Waals surface area contributed by atoms with Crippen LogP contribution in [0.25, 0.3) is 11.1 Å². The molecule has 3 rings (SSSR count). The molecule has 1 N–H and O–H groups in total. The summed E-state index contributed by atoms with van der Waals surface area (Å²) in [7, 11) is 0. The molecule has 0 fully saturated rings. The third-order valence-corrected chi connectivity index (χ3v) is 6.56. The quantitative estimate of drug-likeness (QED) is 0.135. The molecular formula is C33H45NO11. The van der Waals surface area contributed by atoms with Crippen LogP contribution in [0.15, 0.2) is 48.5 Å². The lowest BCUT2D eigenvalue weighted by Gasteiger charge is -2.14. The molecular weight excluding hydrogens is 586 g/mol. The average molecular weight is 632 g/mol. The number of carbonyl (C=O) groups is 2. The highest BCUT2D eigenvalue weighted by Gasteiger charge is 2.29. The van der Waals surface area contributed by atoms with Crippen LogP contribution in [0.4, 0.5) is 0 Å². The van der Waals surface area contributed by atoms with E-state index in [2.05, 4.69) is 29.6 Å². The molecule has 0 aliphatic heterocycles. The molecule has 0 heterocycles. The summed E-state index contributed by atoms with van der Waals surface area (Å²) < 4.78 is 37.9. The molecule has 45 heavy (non-hydrogen) atoms. The van der Waals surface area contributed by atoms with Crippen molar-refractivity contribution in [2.45, 2.75) is 25.7 Å². The van der Waals surface area contributed by atoms with Crippen LogP contribution in [-0.4, -0.2) is 110 Å². The van der Waals surface area contributed by atoms with E-state index in [1.807, 2.05) is 31.2 Å². The zero-order valence-corrected chi connectivity index (χ0v) is 26.0. The summed E-state index contributed by atoms with van der Waals surface area (Å²) in [6.45, 7) is 8.71. The zero-order valence-electron chi connectivity index (χ0n) is 26.0. The number of rotatable bonds is 24. The maximum absolute atomic E-state index is 12.3. The molecule has 2 aromatic carbocycles. The molecule has 0 bridgehead atoms. The second-order valence-corrected chi connectivity index (χ2v) is 9.60. The first-order valence-corrected chi connectivity index (χ1v) is 15.2. The fourth-order valence-electron chi connectivity index (χ4n) is 4.50. The number of hydrogen-bond donors (Lipinski definition) is 1. The average Bonchev–Trinajstić information content (AvgIpc) is 3.37. The molecule has 0 radical (unpaired) electrons. The highest BCUT2D eigenvalue weighted by molar-refractivity contribution is 5.82. The van der Waals surface area contributed by atoms with E-state index in [9.17, 15) is 9.59 Å². The summed E-state index contributed by atoms with van der Waals surface area (Å²) in [5.74, 6) is -0.579. The molecule has 248 valence electrons. The first kappa shape index (κ1) is 37.7. The first-order chi connectivity index (χ1) is 22.1. The van der Waals surface area contributed by atoms with E-state index in [4.69, 9.17) is 42.7 Å². The Hall–Kier alpha value is -3.48. The maximum Gasteiger partial charge on any atom is 0.373 e. The van der Waals surface area contributed by atoms with Crippen LogP contribution in [0.1, 0.15) is 36.8 Å². The Morgan fingerprint density at radius 3 is 1.53 bits per heavy atom. The fraction of sp³-hybridized carbons (Fsp3) is 0.545. The van der Waals surface area contributed by atoms with Gasteiger partial charge in [-0.2, -0.15) is 9.59 Å². The van der Waals surface area contributed by atoms with Gasteiger partial charge in [0.2, 0.25) is 5.91 Å². The van der Waals surface area contributed by atoms with Gasteiger partial charge < -0.3 is 38.5 Å². The number of ether oxygens (including phenoxy) is 7. The Morgan fingerprint density at radius 2 is 1.07 bits per heavy atom. The minimum atomic E-state index is -0.379. The number of benzene rings is 2. The zero-order chi connectivity index (χ0) is 32.4. The van der Waals surface area contributed by atoms with Crippen molar-refractivity contribution >= 4 is 18.0 Å². The Morgan fingerprint density at radius 1 is 0.644 bits per heavy atom. The van der Waals surface area contributed by atoms with E-state index in [-0.39, 0.29) is 43.4 Å². The molecule has 0 saturated carbocycles. The standard InChI is InChI=1S/C32H45NO9.CO2/c1-2-36-15-16-38-19-20-40-23-24-41-22-21-39-18-17-37-14-13-33-31(34)11-12-32(35)42-25-30-28-9-5-3-7-26(28)27-8-4-6-10-29(27)30;2-1-3/h3-10,30H,2,11-25H2,1H3,(H,33,34);. The van der Waals surface area contributed by atoms with E-state index in [0.29, 0.717) is 85.8 Å². The largest absolute Gasteiger partial charge is 0.465 e. The van der Waals surface area contributed by atoms with Gasteiger partial charge in [-0.3, -0.25) is 9.59 Å². The predicted molar refractivity (Wildman–Crippen MR) is 163 cm³/mol. The number of amides is 1. The van der Waals surface area contributed by atoms with Gasteiger partial charge in [0.15, 0.2) is 0 Å². The second kappa shape index (κ2) is 24.8. The van der Waals surface area contributed by atoms with Gasteiger partial charge >= 0.3 is 12.1 Å². The predicted octanol–water partition coefficient (Wildman–Crippen LogP) is 2.77. The molecule has 2 aromatic rings. The normalized spacial score (nSPS) is 11.6. The lowest BCUT2D eigenvalue weighted by Crippen LogP contribution is -2.28. The monoisotopic (exact) mass is 631 g/mol. The molecule has 0 aromatic heterocycles. The Kier molecular flexibility index (Phi) is 20.8. The fourth-order valence-corrected chi connectivity index (χ4v) is 4.50. The van der Waals surface area contributed by atoms with Crippen LogP contribution in [0.2, 0.25) is 0 Å². The Labute approximate surface area is 264 Å². The summed E-state index contributed by atoms with van der Waals surface area (Å²) in [5, 5.41) is 2.76. The van der Waals surface area contributed by atoms with E-state index < -0.39 is 0 Å². The van der Waals surface area contributed by atoms with Gasteiger partial charge in [-0.05, 0) is 29.2 Å². The minimum Gasteiger partial charge on any atom is -0.465 e. The lowest BCUT2D eigenvalue weighted by molar-refractivity contribution is -0.191. The number of esters is 1. The third kappa shape index (κ3) is 15.9. The Balaban J connectivity index is 0.00000226. The molecule has 0 unspecified atom stereocenters. The lowest BCUT2D eigenvalue weighted by atomic mass is 9.98. The van der Waals surface area contributed by atoms with Crippen LogP contribution in [0, 0.1) is 0 Å². The number of nitrogens with one attached hydrogen (secondary N) is 1. The van der Waals surface area contributed by atoms with E-state index in [0.717, 1.165) is 11.1 Å². The van der Waals surface area contributed by atoms with Crippen molar-refractivity contribution in [2.75, 3.05) is 92.4 Å². The van der Waals surface area contributed by atoms with Crippen LogP contribution in [0.3, 0.4) is 0 Å². The van der Waals surface area contributed by atoms with E-state index in [1.165, 1.54) is 11.1 Å². The van der Waals surface area contributed by atoms with Gasteiger partial charge in [-0.25, -0.2) is 0 Å². The minimum absolute atomic E-state index is 0.00990. The molecule has 12 heteroatoms. The number of fused-ring (bicyclic) bond motifs is 3. The summed E-state index contributed by atoms with van der Waals surface area (Å²) >= 11 is 0. The summed E-state index contributed by atoms with van der Waals surface area (Å²) in [6.07, 6.45) is 0.362. The molecule has 1 aliphatic rings. The molecule has 1 amide bonds. The van der Waals surface area contributed by atoms with E-state index >= 15 is 0 Å². The van der Waals surface area contributed by atoms with Gasteiger partial charge in [0.1, 0.15) is 6.61 Å². The van der Waals surface area contributed by atoms with Crippen molar-refractivity contribution in [1.82, 2.24) is 5.32 Å². The van der Waals surface area contributed by atoms with Crippen LogP contribution in [-0.2, 0) is 52.3 Å². The summed E-state index contributed by atoms with van der Waals surface area (Å²) in [4.78, 5) is 40.6. The summed E-state index contributed by atoms with van der Waals surface area (Å²) in [5.41, 5.74) is 4.69. The van der Waals surface area contributed by atoms with Crippen LogP contribution in [0.5, 0.6) is 0 Å². The number of carbonyl (C=O) groups excluding carboxylic acids is 4. The second-order valence-electron chi connectivity index (χ2n) is 9.60. The smallest absolute Gasteiger partial charge is 0.373 e. The maximum atomic E-state index is 12.3. The van der Waals surface area contributed by atoms with Gasteiger partial charge in [-0.1, -0.05) is 48.5 Å². The highest BCUT2D eigenvalue weighted by Crippen LogP contribution is 2.44. The van der Waals surface area contributed by atoms with Crippen molar-refractivity contribution < 1.29 is 52.3 Å². The van der Waals surface area contributed by atoms with Gasteiger partial charge in [-0.15, -0.1) is 0 Å². The number of hydrogen-bond acceptors (Lipinski definition) is 11. The van der Waals surface area contributed by atoms with Crippen LogP contribution < -0.4 is 5.32 Å². The topological polar surface area (TPSA) is 145 Å². The molecule has 12 nitrogen and oxygen atoms in total. The molecule has 0 spiro atoms. The highest BCUT2D eigenvalue weighted by atomic mass is 16.6. The van der Waals surface area contributed by atoms with Crippen molar-refractivity contribution in [1.29, 1.82) is 0 Å². The SMILES string of the molecule is CCOCCOCCOCCOCCOCCOCCNC(=O)CCC(=O)OCC1c2ccccc2-c2ccccc21.O=C=O. The van der Waals surface area contributed by atoms with Gasteiger partial charge in [0, 0.05) is 25.5 Å². The summed E-state index contributed by atoms with van der Waals surface area (Å²) in [6, 6.07) is 16.4.